The molecule has 0 aliphatic rings. The molecule has 3 rings (SSSR count). The lowest BCUT2D eigenvalue weighted by Gasteiger charge is -2.08. The maximum atomic E-state index is 12.8. The fourth-order valence-corrected chi connectivity index (χ4v) is 3.02. The van der Waals surface area contributed by atoms with E-state index >= 15 is 0 Å². The van der Waals surface area contributed by atoms with Crippen molar-refractivity contribution >= 4 is 51.2 Å². The van der Waals surface area contributed by atoms with Gasteiger partial charge in [-0.15, -0.1) is 0 Å². The zero-order chi connectivity index (χ0) is 18.1. The van der Waals surface area contributed by atoms with Gasteiger partial charge in [-0.3, -0.25) is 4.79 Å². The molecule has 0 bridgehead atoms. The second-order valence-electron chi connectivity index (χ2n) is 5.66. The van der Waals surface area contributed by atoms with Crippen molar-refractivity contribution in [2.24, 2.45) is 0 Å². The molecule has 0 aliphatic heterocycles. The zero-order valence-electron chi connectivity index (χ0n) is 13.7. The Labute approximate surface area is 153 Å². The largest absolute Gasteiger partial charge is 0.462 e. The van der Waals surface area contributed by atoms with E-state index in [0.29, 0.717) is 17.3 Å². The van der Waals surface area contributed by atoms with E-state index in [4.69, 9.17) is 32.4 Å². The molecule has 130 valence electrons. The van der Waals surface area contributed by atoms with E-state index in [0.717, 1.165) is 12.8 Å². The molecule has 7 heteroatoms. The van der Waals surface area contributed by atoms with Crippen molar-refractivity contribution < 1.29 is 13.9 Å². The van der Waals surface area contributed by atoms with Crippen LogP contribution < -0.4 is 5.43 Å². The summed E-state index contributed by atoms with van der Waals surface area (Å²) in [5, 5.41) is 0.965. The van der Waals surface area contributed by atoms with E-state index in [2.05, 4.69) is 4.98 Å². The fourth-order valence-electron chi connectivity index (χ4n) is 2.49. The third kappa shape index (κ3) is 3.34. The van der Waals surface area contributed by atoms with Crippen LogP contribution in [0.5, 0.6) is 0 Å². The standard InChI is InChI=1S/C18H15Cl2NO4/c1-3-4-5-24-18(23)11-8-13-15(22)12-6-10(19)7-14(20)16(12)25-17(13)21-9(11)2/h6-8H,3-5H2,1-2H3. The number of pyridine rings is 1. The molecule has 0 aliphatic carbocycles. The van der Waals surface area contributed by atoms with Crippen LogP contribution in [0, 0.1) is 6.92 Å². The van der Waals surface area contributed by atoms with Crippen molar-refractivity contribution in [3.05, 3.63) is 49.7 Å². The number of halogens is 2. The number of rotatable bonds is 4. The van der Waals surface area contributed by atoms with Gasteiger partial charge in [0, 0.05) is 5.02 Å². The molecule has 25 heavy (non-hydrogen) atoms. The van der Waals surface area contributed by atoms with Gasteiger partial charge in [-0.25, -0.2) is 9.78 Å². The molecule has 0 unspecified atom stereocenters. The van der Waals surface area contributed by atoms with Crippen molar-refractivity contribution in [1.29, 1.82) is 0 Å². The number of aromatic nitrogens is 1. The highest BCUT2D eigenvalue weighted by Gasteiger charge is 2.18. The van der Waals surface area contributed by atoms with Crippen LogP contribution in [-0.4, -0.2) is 17.6 Å². The second-order valence-corrected chi connectivity index (χ2v) is 6.50. The molecular formula is C18H15Cl2NO4. The number of carbonyl (C=O) groups is 1. The average molecular weight is 380 g/mol. The van der Waals surface area contributed by atoms with Gasteiger partial charge in [-0.2, -0.15) is 0 Å². The molecule has 5 nitrogen and oxygen atoms in total. The van der Waals surface area contributed by atoms with E-state index in [1.165, 1.54) is 18.2 Å². The minimum Gasteiger partial charge on any atom is -0.462 e. The lowest BCUT2D eigenvalue weighted by molar-refractivity contribution is 0.0498. The minimum absolute atomic E-state index is 0.115. The summed E-state index contributed by atoms with van der Waals surface area (Å²) in [5.74, 6) is -0.510. The highest BCUT2D eigenvalue weighted by atomic mass is 35.5. The molecule has 0 saturated heterocycles. The van der Waals surface area contributed by atoms with Gasteiger partial charge in [-0.05, 0) is 31.5 Å². The molecule has 2 heterocycles. The van der Waals surface area contributed by atoms with E-state index in [-0.39, 0.29) is 38.1 Å². The maximum absolute atomic E-state index is 12.8. The summed E-state index contributed by atoms with van der Waals surface area (Å²) in [6.45, 7) is 3.98. The Morgan fingerprint density at radius 2 is 2.00 bits per heavy atom. The van der Waals surface area contributed by atoms with Gasteiger partial charge in [0.15, 0.2) is 5.58 Å². The van der Waals surface area contributed by atoms with Gasteiger partial charge in [0.25, 0.3) is 0 Å². The van der Waals surface area contributed by atoms with Crippen LogP contribution in [0.15, 0.2) is 27.4 Å². The molecule has 0 fully saturated rings. The second kappa shape index (κ2) is 7.02. The summed E-state index contributed by atoms with van der Waals surface area (Å²) in [7, 11) is 0. The first-order chi connectivity index (χ1) is 11.9. The Kier molecular flexibility index (Phi) is 4.97. The summed E-state index contributed by atoms with van der Waals surface area (Å²) in [6, 6.07) is 4.42. The molecule has 1 aromatic carbocycles. The maximum Gasteiger partial charge on any atom is 0.340 e. The first-order valence-corrected chi connectivity index (χ1v) is 8.58. The number of benzene rings is 1. The van der Waals surface area contributed by atoms with E-state index in [1.54, 1.807) is 6.92 Å². The summed E-state index contributed by atoms with van der Waals surface area (Å²) < 4.78 is 10.9. The summed E-state index contributed by atoms with van der Waals surface area (Å²) in [6.07, 6.45) is 1.69. The number of carbonyl (C=O) groups excluding carboxylic acids is 1. The smallest absolute Gasteiger partial charge is 0.340 e. The number of unbranched alkanes of at least 4 members (excludes halogenated alkanes) is 1. The van der Waals surface area contributed by atoms with Gasteiger partial charge in [-0.1, -0.05) is 36.5 Å². The number of hydrogen-bond acceptors (Lipinski definition) is 5. The fraction of sp³-hybridized carbons (Fsp3) is 0.278. The first-order valence-electron chi connectivity index (χ1n) is 7.82. The van der Waals surface area contributed by atoms with E-state index in [9.17, 15) is 9.59 Å². The first kappa shape index (κ1) is 17.7. The Morgan fingerprint density at radius 1 is 1.24 bits per heavy atom. The SMILES string of the molecule is CCCCOC(=O)c1cc2c(=O)c3cc(Cl)cc(Cl)c3oc2nc1C. The van der Waals surface area contributed by atoms with Crippen molar-refractivity contribution in [1.82, 2.24) is 4.98 Å². The van der Waals surface area contributed by atoms with Gasteiger partial charge < -0.3 is 9.15 Å². The number of aryl methyl sites for hydroxylation is 1. The van der Waals surface area contributed by atoms with E-state index in [1.807, 2.05) is 6.92 Å². The van der Waals surface area contributed by atoms with Crippen LogP contribution >= 0.6 is 23.2 Å². The van der Waals surface area contributed by atoms with Gasteiger partial charge in [0.1, 0.15) is 0 Å². The van der Waals surface area contributed by atoms with Crippen LogP contribution in [0.25, 0.3) is 22.1 Å². The summed E-state index contributed by atoms with van der Waals surface area (Å²) in [4.78, 5) is 29.2. The quantitative estimate of drug-likeness (QED) is 0.365. The Morgan fingerprint density at radius 3 is 2.72 bits per heavy atom. The van der Waals surface area contributed by atoms with Gasteiger partial charge in [0.2, 0.25) is 11.1 Å². The molecule has 0 amide bonds. The third-order valence-corrected chi connectivity index (χ3v) is 4.32. The molecule has 0 atom stereocenters. The predicted molar refractivity (Wildman–Crippen MR) is 97.7 cm³/mol. The number of ether oxygens (including phenoxy) is 1. The zero-order valence-corrected chi connectivity index (χ0v) is 15.2. The number of fused-ring (bicyclic) bond motifs is 2. The van der Waals surface area contributed by atoms with Crippen molar-refractivity contribution in [2.45, 2.75) is 26.7 Å². The Hall–Kier alpha value is -2.11. The van der Waals surface area contributed by atoms with E-state index < -0.39 is 5.97 Å². The molecular weight excluding hydrogens is 365 g/mol. The molecule has 0 saturated carbocycles. The predicted octanol–water partition coefficient (Wildman–Crippen LogP) is 4.91. The number of esters is 1. The Balaban J connectivity index is 2.19. The molecule has 0 N–H and O–H groups in total. The number of nitrogens with zero attached hydrogens (tertiary/aromatic N) is 1. The van der Waals surface area contributed by atoms with Crippen LogP contribution in [0.2, 0.25) is 10.0 Å². The molecule has 0 spiro atoms. The lowest BCUT2D eigenvalue weighted by Crippen LogP contribution is -2.12. The van der Waals surface area contributed by atoms with Gasteiger partial charge >= 0.3 is 5.97 Å². The number of hydrogen-bond donors (Lipinski definition) is 0. The van der Waals surface area contributed by atoms with Crippen molar-refractivity contribution in [2.75, 3.05) is 6.61 Å². The van der Waals surface area contributed by atoms with Crippen LogP contribution in [0.1, 0.15) is 35.8 Å². The highest BCUT2D eigenvalue weighted by molar-refractivity contribution is 6.38. The van der Waals surface area contributed by atoms with Crippen LogP contribution in [-0.2, 0) is 4.74 Å². The molecule has 3 aromatic rings. The topological polar surface area (TPSA) is 69.4 Å². The summed E-state index contributed by atoms with van der Waals surface area (Å²) >= 11 is 12.1. The molecule has 0 radical (unpaired) electrons. The average Bonchev–Trinajstić information content (AvgIpc) is 2.56. The molecule has 2 aromatic heterocycles. The van der Waals surface area contributed by atoms with Crippen LogP contribution in [0.4, 0.5) is 0 Å². The van der Waals surface area contributed by atoms with Gasteiger partial charge in [0.05, 0.1) is 33.7 Å². The summed E-state index contributed by atoms with van der Waals surface area (Å²) in [5.41, 5.74) is 0.638. The Bertz CT molecular complexity index is 1040. The van der Waals surface area contributed by atoms with Crippen molar-refractivity contribution in [3.63, 3.8) is 0 Å². The van der Waals surface area contributed by atoms with Crippen LogP contribution in [0.3, 0.4) is 0 Å². The highest BCUT2D eigenvalue weighted by Crippen LogP contribution is 2.28. The lowest BCUT2D eigenvalue weighted by atomic mass is 10.1. The van der Waals surface area contributed by atoms with Crippen molar-refractivity contribution in [3.8, 4) is 0 Å². The minimum atomic E-state index is -0.510. The normalized spacial score (nSPS) is 11.2. The third-order valence-electron chi connectivity index (χ3n) is 3.83. The monoisotopic (exact) mass is 379 g/mol.